The van der Waals surface area contributed by atoms with Crippen molar-refractivity contribution < 1.29 is 4.79 Å². The Bertz CT molecular complexity index is 206. The maximum atomic E-state index is 11.9. The van der Waals surface area contributed by atoms with E-state index in [1.165, 1.54) is 12.8 Å². The molecule has 1 aliphatic carbocycles. The molecule has 1 saturated carbocycles. The molecule has 0 radical (unpaired) electrons. The highest BCUT2D eigenvalue weighted by atomic mass is 16.2. The summed E-state index contributed by atoms with van der Waals surface area (Å²) >= 11 is 0. The van der Waals surface area contributed by atoms with Gasteiger partial charge in [-0.2, -0.15) is 0 Å². The van der Waals surface area contributed by atoms with E-state index in [-0.39, 0.29) is 17.9 Å². The number of hydrogen-bond acceptors (Lipinski definition) is 2. The molecule has 88 valence electrons. The molecule has 3 unspecified atom stereocenters. The van der Waals surface area contributed by atoms with Gasteiger partial charge in [0.15, 0.2) is 0 Å². The second-order valence-electron chi connectivity index (χ2n) is 4.74. The molecular formula is C12H24N2O. The molecule has 1 aliphatic rings. The Morgan fingerprint density at radius 3 is 2.73 bits per heavy atom. The van der Waals surface area contributed by atoms with E-state index in [4.69, 9.17) is 5.73 Å². The van der Waals surface area contributed by atoms with Gasteiger partial charge in [0, 0.05) is 18.5 Å². The predicted octanol–water partition coefficient (Wildman–Crippen LogP) is 1.67. The first kappa shape index (κ1) is 12.5. The van der Waals surface area contributed by atoms with Crippen LogP contribution in [0, 0.1) is 11.8 Å². The molecule has 3 heteroatoms. The van der Waals surface area contributed by atoms with Crippen LogP contribution in [-0.2, 0) is 4.79 Å². The summed E-state index contributed by atoms with van der Waals surface area (Å²) in [5, 5.41) is 3.08. The number of carbonyl (C=O) groups is 1. The van der Waals surface area contributed by atoms with Gasteiger partial charge in [0.05, 0.1) is 0 Å². The standard InChI is InChI=1S/C12H24N2O/c1-3-5-10(8-13)14-12(15)11-7-4-6-9(11)2/h9-11H,3-8,13H2,1-2H3,(H,14,15). The first-order chi connectivity index (χ1) is 7.19. The monoisotopic (exact) mass is 212 g/mol. The molecule has 1 amide bonds. The van der Waals surface area contributed by atoms with Gasteiger partial charge in [0.2, 0.25) is 5.91 Å². The SMILES string of the molecule is CCCC(CN)NC(=O)C1CCCC1C. The molecule has 0 aromatic heterocycles. The number of carbonyl (C=O) groups excluding carboxylic acids is 1. The zero-order chi connectivity index (χ0) is 11.3. The van der Waals surface area contributed by atoms with Crippen LogP contribution in [0.5, 0.6) is 0 Å². The van der Waals surface area contributed by atoms with Crippen molar-refractivity contribution in [3.63, 3.8) is 0 Å². The minimum atomic E-state index is 0.176. The lowest BCUT2D eigenvalue weighted by Gasteiger charge is -2.20. The van der Waals surface area contributed by atoms with Crippen molar-refractivity contribution in [3.05, 3.63) is 0 Å². The topological polar surface area (TPSA) is 55.1 Å². The molecule has 15 heavy (non-hydrogen) atoms. The van der Waals surface area contributed by atoms with Crippen LogP contribution in [0.25, 0.3) is 0 Å². The molecule has 3 atom stereocenters. The van der Waals surface area contributed by atoms with E-state index >= 15 is 0 Å². The predicted molar refractivity (Wildman–Crippen MR) is 62.4 cm³/mol. The normalized spacial score (nSPS) is 27.7. The fraction of sp³-hybridized carbons (Fsp3) is 0.917. The van der Waals surface area contributed by atoms with Crippen molar-refractivity contribution >= 4 is 5.91 Å². The van der Waals surface area contributed by atoms with Crippen molar-refractivity contribution in [3.8, 4) is 0 Å². The molecule has 1 fully saturated rings. The number of nitrogens with one attached hydrogen (secondary N) is 1. The fourth-order valence-electron chi connectivity index (χ4n) is 2.44. The third-order valence-corrected chi connectivity index (χ3v) is 3.47. The largest absolute Gasteiger partial charge is 0.352 e. The summed E-state index contributed by atoms with van der Waals surface area (Å²) in [7, 11) is 0. The summed E-state index contributed by atoms with van der Waals surface area (Å²) in [6.45, 7) is 4.85. The molecule has 0 spiro atoms. The van der Waals surface area contributed by atoms with Crippen LogP contribution in [0.2, 0.25) is 0 Å². The number of rotatable bonds is 5. The molecule has 1 rings (SSSR count). The molecule has 0 bridgehead atoms. The molecule has 3 nitrogen and oxygen atoms in total. The minimum Gasteiger partial charge on any atom is -0.352 e. The van der Waals surface area contributed by atoms with Crippen LogP contribution < -0.4 is 11.1 Å². The molecule has 0 saturated heterocycles. The quantitative estimate of drug-likeness (QED) is 0.728. The minimum absolute atomic E-state index is 0.176. The number of amides is 1. The third kappa shape index (κ3) is 3.49. The van der Waals surface area contributed by atoms with Crippen LogP contribution in [-0.4, -0.2) is 18.5 Å². The van der Waals surface area contributed by atoms with E-state index in [0.717, 1.165) is 19.3 Å². The van der Waals surface area contributed by atoms with Crippen LogP contribution >= 0.6 is 0 Å². The van der Waals surface area contributed by atoms with Gasteiger partial charge in [-0.1, -0.05) is 26.7 Å². The zero-order valence-electron chi connectivity index (χ0n) is 9.96. The van der Waals surface area contributed by atoms with Crippen molar-refractivity contribution in [2.24, 2.45) is 17.6 Å². The van der Waals surface area contributed by atoms with Crippen molar-refractivity contribution in [2.75, 3.05) is 6.54 Å². The Kier molecular flexibility index (Phi) is 5.09. The van der Waals surface area contributed by atoms with Gasteiger partial charge in [0.1, 0.15) is 0 Å². The molecule has 0 aromatic carbocycles. The van der Waals surface area contributed by atoms with Gasteiger partial charge in [-0.15, -0.1) is 0 Å². The second kappa shape index (κ2) is 6.11. The highest BCUT2D eigenvalue weighted by molar-refractivity contribution is 5.79. The average molecular weight is 212 g/mol. The first-order valence-electron chi connectivity index (χ1n) is 6.19. The fourth-order valence-corrected chi connectivity index (χ4v) is 2.44. The van der Waals surface area contributed by atoms with Gasteiger partial charge < -0.3 is 11.1 Å². The average Bonchev–Trinajstić information content (AvgIpc) is 2.63. The van der Waals surface area contributed by atoms with Crippen molar-refractivity contribution in [1.29, 1.82) is 0 Å². The Hall–Kier alpha value is -0.570. The summed E-state index contributed by atoms with van der Waals surface area (Å²) < 4.78 is 0. The van der Waals surface area contributed by atoms with Gasteiger partial charge in [0.25, 0.3) is 0 Å². The van der Waals surface area contributed by atoms with Crippen LogP contribution in [0.1, 0.15) is 46.0 Å². The summed E-state index contributed by atoms with van der Waals surface area (Å²) in [6, 6.07) is 0.176. The molecule has 0 heterocycles. The van der Waals surface area contributed by atoms with Crippen molar-refractivity contribution in [2.45, 2.75) is 52.0 Å². The molecular weight excluding hydrogens is 188 g/mol. The van der Waals surface area contributed by atoms with E-state index in [2.05, 4.69) is 19.2 Å². The van der Waals surface area contributed by atoms with Crippen LogP contribution in [0.15, 0.2) is 0 Å². The number of nitrogens with two attached hydrogens (primary N) is 1. The van der Waals surface area contributed by atoms with Gasteiger partial charge in [-0.25, -0.2) is 0 Å². The summed E-state index contributed by atoms with van der Waals surface area (Å²) in [6.07, 6.45) is 5.50. The van der Waals surface area contributed by atoms with E-state index in [0.29, 0.717) is 12.5 Å². The zero-order valence-corrected chi connectivity index (χ0v) is 9.96. The highest BCUT2D eigenvalue weighted by Crippen LogP contribution is 2.31. The van der Waals surface area contributed by atoms with E-state index in [1.807, 2.05) is 0 Å². The smallest absolute Gasteiger partial charge is 0.223 e. The van der Waals surface area contributed by atoms with E-state index < -0.39 is 0 Å². The van der Waals surface area contributed by atoms with Gasteiger partial charge in [-0.3, -0.25) is 4.79 Å². The van der Waals surface area contributed by atoms with Crippen LogP contribution in [0.4, 0.5) is 0 Å². The number of hydrogen-bond donors (Lipinski definition) is 2. The van der Waals surface area contributed by atoms with Gasteiger partial charge >= 0.3 is 0 Å². The Morgan fingerprint density at radius 1 is 1.53 bits per heavy atom. The van der Waals surface area contributed by atoms with Gasteiger partial charge in [-0.05, 0) is 25.2 Å². The lowest BCUT2D eigenvalue weighted by Crippen LogP contribution is -2.43. The Morgan fingerprint density at radius 2 is 2.27 bits per heavy atom. The lowest BCUT2D eigenvalue weighted by atomic mass is 9.96. The molecule has 0 aromatic rings. The van der Waals surface area contributed by atoms with E-state index in [9.17, 15) is 4.79 Å². The third-order valence-electron chi connectivity index (χ3n) is 3.47. The maximum absolute atomic E-state index is 11.9. The Balaban J connectivity index is 2.39. The van der Waals surface area contributed by atoms with Crippen LogP contribution in [0.3, 0.4) is 0 Å². The highest BCUT2D eigenvalue weighted by Gasteiger charge is 2.30. The van der Waals surface area contributed by atoms with Crippen molar-refractivity contribution in [1.82, 2.24) is 5.32 Å². The molecule has 0 aliphatic heterocycles. The summed E-state index contributed by atoms with van der Waals surface area (Å²) in [5.41, 5.74) is 5.63. The Labute approximate surface area is 92.8 Å². The first-order valence-corrected chi connectivity index (χ1v) is 6.19. The summed E-state index contributed by atoms with van der Waals surface area (Å²) in [4.78, 5) is 11.9. The molecule has 3 N–H and O–H groups in total. The lowest BCUT2D eigenvalue weighted by molar-refractivity contribution is -0.126. The second-order valence-corrected chi connectivity index (χ2v) is 4.74. The maximum Gasteiger partial charge on any atom is 0.223 e. The summed E-state index contributed by atoms with van der Waals surface area (Å²) in [5.74, 6) is 1.00. The van der Waals surface area contributed by atoms with E-state index in [1.54, 1.807) is 0 Å².